The number of aryl methyl sites for hydroxylation is 10. The number of benzene rings is 10. The van der Waals surface area contributed by atoms with Crippen LogP contribution in [-0.2, 0) is 24.7 Å². The van der Waals surface area contributed by atoms with E-state index in [4.69, 9.17) is 0 Å². The fourth-order valence-corrected chi connectivity index (χ4v) is 17.6. The first-order chi connectivity index (χ1) is 41.6. The second-order valence-corrected chi connectivity index (χ2v) is 26.9. The molecule has 0 aliphatic rings. The Balaban J connectivity index is 0.000000211. The molecule has 0 unspecified atom stereocenters. The Morgan fingerprint density at radius 2 is 0.528 bits per heavy atom. The Morgan fingerprint density at radius 1 is 0.281 bits per heavy atom. The molecule has 0 aliphatic heterocycles. The van der Waals surface area contributed by atoms with Crippen LogP contribution in [-0.4, -0.2) is 11.3 Å². The Kier molecular flexibility index (Phi) is 18.0. The van der Waals surface area contributed by atoms with Gasteiger partial charge in [-0.05, 0) is 169 Å². The molecule has 15 heteroatoms. The molecular formula is C74H64BF12OP. The summed E-state index contributed by atoms with van der Waals surface area (Å²) >= 11 is 0. The van der Waals surface area contributed by atoms with Crippen molar-refractivity contribution in [1.82, 2.24) is 0 Å². The van der Waals surface area contributed by atoms with Crippen molar-refractivity contribution in [3.8, 4) is 28.0 Å². The molecule has 0 aromatic heterocycles. The molecule has 0 saturated heterocycles. The molecule has 0 spiro atoms. The van der Waals surface area contributed by atoms with E-state index in [9.17, 15) is 57.8 Å². The lowest BCUT2D eigenvalue weighted by molar-refractivity contribution is -0.143. The van der Waals surface area contributed by atoms with Gasteiger partial charge in [0.15, 0.2) is 0 Å². The van der Waals surface area contributed by atoms with Crippen molar-refractivity contribution in [3.63, 3.8) is 0 Å². The average Bonchev–Trinajstić information content (AvgIpc) is 0.774. The molecule has 0 bridgehead atoms. The fourth-order valence-electron chi connectivity index (χ4n) is 13.3. The van der Waals surface area contributed by atoms with Crippen molar-refractivity contribution in [1.29, 1.82) is 0 Å². The van der Waals surface area contributed by atoms with Crippen LogP contribution in [0, 0.1) is 69.2 Å². The molecule has 0 fully saturated rings. The van der Waals surface area contributed by atoms with Crippen molar-refractivity contribution >= 4 is 56.5 Å². The van der Waals surface area contributed by atoms with Crippen LogP contribution in [0.2, 0.25) is 0 Å². The van der Waals surface area contributed by atoms with Crippen LogP contribution in [0.4, 0.5) is 52.7 Å². The van der Waals surface area contributed by atoms with Crippen molar-refractivity contribution in [2.24, 2.45) is 0 Å². The fraction of sp³-hybridized carbons (Fsp3) is 0.189. The summed E-state index contributed by atoms with van der Waals surface area (Å²) in [5.41, 5.74) is 4.05. The third-order valence-electron chi connectivity index (χ3n) is 16.5. The van der Waals surface area contributed by atoms with Crippen molar-refractivity contribution in [2.75, 3.05) is 0 Å². The minimum Gasteiger partial charge on any atom is -0.507 e. The minimum absolute atomic E-state index is 0.0674. The van der Waals surface area contributed by atoms with Gasteiger partial charge in [-0.25, -0.2) is 0 Å². The predicted molar refractivity (Wildman–Crippen MR) is 341 cm³/mol. The van der Waals surface area contributed by atoms with E-state index in [1.165, 1.54) is 80.6 Å². The predicted octanol–water partition coefficient (Wildman–Crippen LogP) is 17.6. The topological polar surface area (TPSA) is 20.2 Å². The number of alkyl halides is 12. The summed E-state index contributed by atoms with van der Waals surface area (Å²) in [5.74, 6) is 0.339. The molecule has 10 aromatic carbocycles. The van der Waals surface area contributed by atoms with E-state index in [0.29, 0.717) is 41.1 Å². The third-order valence-corrected chi connectivity index (χ3v) is 20.8. The average molecular weight is 1240 g/mol. The van der Waals surface area contributed by atoms with Gasteiger partial charge in [-0.2, -0.15) is 74.5 Å². The lowest BCUT2D eigenvalue weighted by atomic mass is 9.12. The van der Waals surface area contributed by atoms with Gasteiger partial charge in [0.25, 0.3) is 0 Å². The summed E-state index contributed by atoms with van der Waals surface area (Å²) in [4.78, 5) is 0. The van der Waals surface area contributed by atoms with E-state index < -0.39 is 76.8 Å². The first-order valence-corrected chi connectivity index (χ1v) is 30.5. The quantitative estimate of drug-likeness (QED) is 0.0822. The zero-order chi connectivity index (χ0) is 64.9. The third kappa shape index (κ3) is 13.1. The molecule has 0 amide bonds. The van der Waals surface area contributed by atoms with Gasteiger partial charge in [0.2, 0.25) is 0 Å². The van der Waals surface area contributed by atoms with Gasteiger partial charge in [-0.15, -0.1) is 0 Å². The smallest absolute Gasteiger partial charge is 0.416 e. The van der Waals surface area contributed by atoms with Crippen LogP contribution in [0.5, 0.6) is 5.75 Å². The highest BCUT2D eigenvalue weighted by Crippen LogP contribution is 2.57. The van der Waals surface area contributed by atoms with Crippen molar-refractivity contribution in [3.05, 3.63) is 278 Å². The highest BCUT2D eigenvalue weighted by Gasteiger charge is 2.49. The molecule has 0 atom stereocenters. The second-order valence-electron chi connectivity index (χ2n) is 23.5. The summed E-state index contributed by atoms with van der Waals surface area (Å²) in [7, 11) is -2.41. The van der Waals surface area contributed by atoms with Crippen LogP contribution in [0.1, 0.15) is 77.9 Å². The summed E-state index contributed by atoms with van der Waals surface area (Å²) in [6, 6.07) is 56.2. The van der Waals surface area contributed by atoms with E-state index in [1.807, 2.05) is 0 Å². The van der Waals surface area contributed by atoms with Gasteiger partial charge >= 0.3 is 24.7 Å². The molecule has 89 heavy (non-hydrogen) atoms. The molecule has 1 N–H and O–H groups in total. The van der Waals surface area contributed by atoms with Crippen molar-refractivity contribution in [2.45, 2.75) is 93.9 Å². The Bertz CT molecular complexity index is 3920. The summed E-state index contributed by atoms with van der Waals surface area (Å²) in [6.45, 7) is 18.5. The maximum absolute atomic E-state index is 14.2. The van der Waals surface area contributed by atoms with Gasteiger partial charge in [-0.1, -0.05) is 167 Å². The SMILES string of the molecule is Cc1cc(C)c(-c2cc([P+](c3ccccc3)(c3ccccc3)c3ccccc3)cc(-c3c(C)cc(C)cc3C)c2O)c(C)c1.Cc1cc(C)cc([B-](c2cc(C)cc(C(F)(F)F)c2)(c2cc(C)cc(C(F)(F)F)c2)c2cc(C(F)(F)F)cc(C(F)(F)F)c2)c1. The van der Waals surface area contributed by atoms with Gasteiger partial charge < -0.3 is 5.11 Å². The second kappa shape index (κ2) is 24.6. The van der Waals surface area contributed by atoms with E-state index in [-0.39, 0.29) is 22.7 Å². The van der Waals surface area contributed by atoms with E-state index >= 15 is 0 Å². The number of halogens is 12. The first-order valence-electron chi connectivity index (χ1n) is 28.7. The largest absolute Gasteiger partial charge is 0.507 e. The Hall–Kier alpha value is -8.35. The van der Waals surface area contributed by atoms with Crippen LogP contribution >= 0.6 is 7.26 Å². The number of hydrogen-bond acceptors (Lipinski definition) is 1. The molecule has 0 heterocycles. The molecule has 0 radical (unpaired) electrons. The summed E-state index contributed by atoms with van der Waals surface area (Å²) < 4.78 is 170. The maximum atomic E-state index is 14.2. The van der Waals surface area contributed by atoms with Gasteiger partial charge in [0, 0.05) is 11.1 Å². The summed E-state index contributed by atoms with van der Waals surface area (Å²) in [6.07, 6.45) is -24.3. The molecule has 0 saturated carbocycles. The highest BCUT2D eigenvalue weighted by molar-refractivity contribution is 8.01. The van der Waals surface area contributed by atoms with Gasteiger partial charge in [0.1, 0.15) is 40.4 Å². The zero-order valence-corrected chi connectivity index (χ0v) is 51.5. The minimum atomic E-state index is -5.35. The normalized spacial score (nSPS) is 12.4. The number of aromatic hydroxyl groups is 1. The maximum Gasteiger partial charge on any atom is 0.416 e. The van der Waals surface area contributed by atoms with Gasteiger partial charge in [-0.3, -0.25) is 0 Å². The molecular weight excluding hydrogens is 1170 g/mol. The van der Waals surface area contributed by atoms with E-state index in [0.717, 1.165) is 46.5 Å². The lowest BCUT2D eigenvalue weighted by Gasteiger charge is -2.46. The molecule has 1 nitrogen and oxygen atoms in total. The first kappa shape index (κ1) is 65.1. The van der Waals surface area contributed by atoms with Crippen LogP contribution in [0.15, 0.2) is 200 Å². The van der Waals surface area contributed by atoms with Gasteiger partial charge in [0.05, 0.1) is 22.3 Å². The molecule has 458 valence electrons. The van der Waals surface area contributed by atoms with Crippen molar-refractivity contribution < 1.29 is 57.8 Å². The number of rotatable bonds is 10. The molecule has 0 aliphatic carbocycles. The standard InChI is InChI=1S/C42H39OP.C32H24BF12/c1-28-22-30(3)40(31(4)23-28)38-26-37(27-39(42(38)43)41-32(5)24-29(2)25-33(41)6)44(34-16-10-7-11-17-34,35-18-12-8-13-19-35)36-20-14-9-15-21-36;1-17-5-18(2)9-25(8-17)33(26-10-19(3)6-21(13-26)29(34,35)36,27-11-20(4)7-22(14-27)30(37,38)39)28-15-23(31(40,41)42)12-24(16-28)32(43,44)45/h7-27H,1-6H3;5-16H,1-4H3/q;-1/p+1. The highest BCUT2D eigenvalue weighted by atomic mass is 31.2. The summed E-state index contributed by atoms with van der Waals surface area (Å²) in [5, 5.41) is 17.4. The monoisotopic (exact) mass is 1240 g/mol. The Labute approximate surface area is 512 Å². The molecule has 10 aromatic rings. The number of hydrogen-bond donors (Lipinski definition) is 1. The van der Waals surface area contributed by atoms with E-state index in [2.05, 4.69) is 169 Å². The number of phenolic OH excluding ortho intramolecular Hbond substituents is 1. The zero-order valence-electron chi connectivity index (χ0n) is 50.6. The molecule has 10 rings (SSSR count). The number of phenols is 1. The van der Waals surface area contributed by atoms with Crippen LogP contribution in [0.25, 0.3) is 22.3 Å². The van der Waals surface area contributed by atoms with E-state index in [1.54, 1.807) is 19.9 Å². The van der Waals surface area contributed by atoms with Crippen LogP contribution < -0.4 is 43.1 Å². The van der Waals surface area contributed by atoms with Crippen LogP contribution in [0.3, 0.4) is 0 Å². The lowest BCUT2D eigenvalue weighted by Crippen LogP contribution is -2.75. The Morgan fingerprint density at radius 3 is 0.820 bits per heavy atom.